The number of rotatable bonds is 9. The Morgan fingerprint density at radius 3 is 1.41 bits per heavy atom. The van der Waals surface area contributed by atoms with Gasteiger partial charge in [0, 0.05) is 35.5 Å². The van der Waals surface area contributed by atoms with Gasteiger partial charge in [0.15, 0.2) is 0 Å². The third-order valence-corrected chi connectivity index (χ3v) is 11.6. The first-order valence-electron chi connectivity index (χ1n) is 5.69. The van der Waals surface area contributed by atoms with E-state index in [-0.39, 0.29) is 0 Å². The molecule has 0 fully saturated rings. The van der Waals surface area contributed by atoms with Gasteiger partial charge in [0.1, 0.15) is 0 Å². The molecule has 0 aromatic heterocycles. The van der Waals surface area contributed by atoms with E-state index in [4.69, 9.17) is 22.1 Å². The van der Waals surface area contributed by atoms with Crippen LogP contribution in [0.5, 0.6) is 0 Å². The van der Waals surface area contributed by atoms with Gasteiger partial charge in [-0.2, -0.15) is 0 Å². The maximum atomic E-state index is 5.67. The smallest absolute Gasteiger partial charge is 0.398 e. The van der Waals surface area contributed by atoms with E-state index in [1.807, 2.05) is 0 Å². The van der Waals surface area contributed by atoms with Crippen LogP contribution in [0.1, 0.15) is 13.8 Å². The molecular formula is C10H26O5Si2. The zero-order valence-electron chi connectivity index (χ0n) is 12.0. The molecule has 0 aliphatic heterocycles. The Kier molecular flexibility index (Phi) is 7.73. The Morgan fingerprint density at radius 1 is 0.765 bits per heavy atom. The summed E-state index contributed by atoms with van der Waals surface area (Å²) in [4.78, 5) is 0. The quantitative estimate of drug-likeness (QED) is 0.603. The molecule has 0 rings (SSSR count). The Morgan fingerprint density at radius 2 is 1.18 bits per heavy atom. The lowest BCUT2D eigenvalue weighted by Gasteiger charge is -2.34. The van der Waals surface area contributed by atoms with Gasteiger partial charge < -0.3 is 22.1 Å². The molecule has 7 heteroatoms. The monoisotopic (exact) mass is 282 g/mol. The van der Waals surface area contributed by atoms with E-state index >= 15 is 0 Å². The van der Waals surface area contributed by atoms with Crippen molar-refractivity contribution in [1.82, 2.24) is 0 Å². The predicted molar refractivity (Wildman–Crippen MR) is 71.0 cm³/mol. The van der Waals surface area contributed by atoms with E-state index in [1.54, 1.807) is 35.5 Å². The highest BCUT2D eigenvalue weighted by atomic mass is 28.4. The average molecular weight is 282 g/mol. The van der Waals surface area contributed by atoms with Crippen LogP contribution in [-0.4, -0.2) is 52.9 Å². The molecule has 0 saturated carbocycles. The molecule has 0 radical (unpaired) electrons. The molecule has 104 valence electrons. The minimum Gasteiger partial charge on any atom is -0.398 e. The van der Waals surface area contributed by atoms with Crippen LogP contribution in [0.3, 0.4) is 0 Å². The van der Waals surface area contributed by atoms with Gasteiger partial charge in [0.05, 0.1) is 5.67 Å². The van der Waals surface area contributed by atoms with E-state index in [1.165, 1.54) is 0 Å². The SMILES string of the molecule is CO[Si](CC(C)C)(C[Si](OC)(OC)OC)OC. The zero-order valence-corrected chi connectivity index (χ0v) is 14.0. The Labute approximate surface area is 107 Å². The molecule has 0 unspecified atom stereocenters. The first kappa shape index (κ1) is 17.2. The fraction of sp³-hybridized carbons (Fsp3) is 1.00. The van der Waals surface area contributed by atoms with Gasteiger partial charge in [-0.15, -0.1) is 0 Å². The van der Waals surface area contributed by atoms with Gasteiger partial charge in [0.2, 0.25) is 0 Å². The van der Waals surface area contributed by atoms with Crippen molar-refractivity contribution >= 4 is 17.4 Å². The van der Waals surface area contributed by atoms with Crippen LogP contribution >= 0.6 is 0 Å². The van der Waals surface area contributed by atoms with Crippen molar-refractivity contribution in [1.29, 1.82) is 0 Å². The highest BCUT2D eigenvalue weighted by molar-refractivity contribution is 6.83. The Balaban J connectivity index is 4.94. The molecule has 0 bridgehead atoms. The van der Waals surface area contributed by atoms with Crippen LogP contribution in [0.4, 0.5) is 0 Å². The molecule has 5 nitrogen and oxygen atoms in total. The third kappa shape index (κ3) is 4.78. The molecule has 17 heavy (non-hydrogen) atoms. The Hall–Kier alpha value is 0.234. The molecule has 0 aromatic rings. The van der Waals surface area contributed by atoms with Crippen LogP contribution in [-0.2, 0) is 22.1 Å². The highest BCUT2D eigenvalue weighted by Gasteiger charge is 2.51. The predicted octanol–water partition coefficient (Wildman–Crippen LogP) is 1.79. The summed E-state index contributed by atoms with van der Waals surface area (Å²) in [6.07, 6.45) is 0. The summed E-state index contributed by atoms with van der Waals surface area (Å²) in [6.45, 7) is 4.30. The summed E-state index contributed by atoms with van der Waals surface area (Å²) >= 11 is 0. The van der Waals surface area contributed by atoms with Crippen molar-refractivity contribution < 1.29 is 22.1 Å². The zero-order chi connectivity index (χ0) is 13.5. The minimum atomic E-state index is -2.65. The van der Waals surface area contributed by atoms with Crippen LogP contribution in [0.2, 0.25) is 11.7 Å². The lowest BCUT2D eigenvalue weighted by molar-refractivity contribution is 0.122. The van der Waals surface area contributed by atoms with Crippen LogP contribution in [0.25, 0.3) is 0 Å². The van der Waals surface area contributed by atoms with Gasteiger partial charge in [-0.3, -0.25) is 0 Å². The fourth-order valence-corrected chi connectivity index (χ4v) is 10.2. The lowest BCUT2D eigenvalue weighted by Crippen LogP contribution is -2.55. The van der Waals surface area contributed by atoms with E-state index in [0.29, 0.717) is 11.6 Å². The summed E-state index contributed by atoms with van der Waals surface area (Å²) in [5.74, 6) is 0.499. The van der Waals surface area contributed by atoms with Crippen molar-refractivity contribution in [2.24, 2.45) is 5.92 Å². The summed E-state index contributed by atoms with van der Waals surface area (Å²) in [5.41, 5.74) is 0.606. The second-order valence-electron chi connectivity index (χ2n) is 4.39. The lowest BCUT2D eigenvalue weighted by atomic mass is 10.3. The summed E-state index contributed by atoms with van der Waals surface area (Å²) in [5, 5.41) is 0. The van der Waals surface area contributed by atoms with Crippen LogP contribution in [0, 0.1) is 5.92 Å². The van der Waals surface area contributed by atoms with Crippen molar-refractivity contribution in [3.63, 3.8) is 0 Å². The van der Waals surface area contributed by atoms with E-state index in [9.17, 15) is 0 Å². The Bertz CT molecular complexity index is 197. The van der Waals surface area contributed by atoms with Crippen molar-refractivity contribution in [2.75, 3.05) is 35.5 Å². The summed E-state index contributed by atoms with van der Waals surface area (Å²) < 4.78 is 27.7. The normalized spacial score (nSPS) is 13.4. The van der Waals surface area contributed by atoms with E-state index in [2.05, 4.69) is 13.8 Å². The molecule has 0 amide bonds. The molecule has 0 atom stereocenters. The first-order chi connectivity index (χ1) is 7.93. The maximum absolute atomic E-state index is 5.67. The molecule has 0 heterocycles. The number of hydrogen-bond acceptors (Lipinski definition) is 5. The molecule has 0 aliphatic carbocycles. The second-order valence-corrected chi connectivity index (χ2v) is 11.4. The van der Waals surface area contributed by atoms with Crippen molar-refractivity contribution in [3.8, 4) is 0 Å². The van der Waals surface area contributed by atoms with Gasteiger partial charge in [-0.1, -0.05) is 13.8 Å². The molecule has 0 spiro atoms. The van der Waals surface area contributed by atoms with Gasteiger partial charge in [-0.05, 0) is 12.0 Å². The van der Waals surface area contributed by atoms with Crippen LogP contribution < -0.4 is 0 Å². The summed E-state index contributed by atoms with van der Waals surface area (Å²) in [6, 6.07) is 0.894. The van der Waals surface area contributed by atoms with E-state index in [0.717, 1.165) is 6.04 Å². The highest BCUT2D eigenvalue weighted by Crippen LogP contribution is 2.28. The fourth-order valence-electron chi connectivity index (χ4n) is 1.88. The van der Waals surface area contributed by atoms with Crippen molar-refractivity contribution in [3.05, 3.63) is 0 Å². The third-order valence-electron chi connectivity index (χ3n) is 2.88. The average Bonchev–Trinajstić information content (AvgIpc) is 2.34. The molecular weight excluding hydrogens is 256 g/mol. The van der Waals surface area contributed by atoms with Gasteiger partial charge in [-0.25, -0.2) is 0 Å². The number of hydrogen-bond donors (Lipinski definition) is 0. The molecule has 0 aliphatic rings. The molecule has 0 aromatic carbocycles. The second kappa shape index (κ2) is 7.62. The van der Waals surface area contributed by atoms with E-state index < -0.39 is 17.4 Å². The van der Waals surface area contributed by atoms with Gasteiger partial charge >= 0.3 is 17.4 Å². The van der Waals surface area contributed by atoms with Crippen molar-refractivity contribution in [2.45, 2.75) is 25.6 Å². The summed E-state index contributed by atoms with van der Waals surface area (Å²) in [7, 11) is 3.25. The maximum Gasteiger partial charge on any atom is 0.502 e. The molecule has 0 saturated heterocycles. The molecule has 0 N–H and O–H groups in total. The minimum absolute atomic E-state index is 0.499. The standard InChI is InChI=1S/C10H26O5Si2/c1-10(2)8-16(11-3,12-4)9-17(13-5,14-6)15-7/h10H,8-9H2,1-7H3. The van der Waals surface area contributed by atoms with Crippen LogP contribution in [0.15, 0.2) is 0 Å². The topological polar surface area (TPSA) is 46.2 Å². The largest absolute Gasteiger partial charge is 0.502 e. The van der Waals surface area contributed by atoms with Gasteiger partial charge in [0.25, 0.3) is 0 Å². The first-order valence-corrected chi connectivity index (χ1v) is 9.85.